The van der Waals surface area contributed by atoms with E-state index in [1.54, 1.807) is 0 Å². The highest BCUT2D eigenvalue weighted by Gasteiger charge is 2.26. The van der Waals surface area contributed by atoms with E-state index >= 15 is 0 Å². The lowest BCUT2D eigenvalue weighted by Crippen LogP contribution is -2.47. The number of likely N-dealkylation sites (tertiary alicyclic amines) is 1. The summed E-state index contributed by atoms with van der Waals surface area (Å²) in [6.07, 6.45) is 2.45. The van der Waals surface area contributed by atoms with Crippen LogP contribution in [0.3, 0.4) is 0 Å². The van der Waals surface area contributed by atoms with Gasteiger partial charge in [-0.2, -0.15) is 0 Å². The molecule has 0 saturated carbocycles. The van der Waals surface area contributed by atoms with Gasteiger partial charge in [-0.3, -0.25) is 0 Å². The second-order valence-electron chi connectivity index (χ2n) is 5.31. The molecular weight excluding hydrogens is 176 g/mol. The molecule has 2 atom stereocenters. The van der Waals surface area contributed by atoms with Gasteiger partial charge in [0, 0.05) is 19.1 Å². The molecule has 14 heavy (non-hydrogen) atoms. The Morgan fingerprint density at radius 2 is 2.21 bits per heavy atom. The Bertz CT molecular complexity index is 175. The van der Waals surface area contributed by atoms with Crippen LogP contribution in [0.5, 0.6) is 0 Å². The SMILES string of the molecule is C[C@@H](N)[C@H]1CCCN(CC(C)(C)O)C1. The minimum absolute atomic E-state index is 0.277. The van der Waals surface area contributed by atoms with Gasteiger partial charge in [0.05, 0.1) is 5.60 Å². The van der Waals surface area contributed by atoms with Gasteiger partial charge in [0.2, 0.25) is 0 Å². The molecule has 1 heterocycles. The summed E-state index contributed by atoms with van der Waals surface area (Å²) in [5.41, 5.74) is 5.32. The number of rotatable bonds is 3. The molecule has 3 nitrogen and oxygen atoms in total. The van der Waals surface area contributed by atoms with Crippen LogP contribution in [-0.2, 0) is 0 Å². The zero-order valence-electron chi connectivity index (χ0n) is 9.66. The van der Waals surface area contributed by atoms with Crippen molar-refractivity contribution in [2.45, 2.75) is 45.3 Å². The lowest BCUT2D eigenvalue weighted by atomic mass is 9.91. The molecule has 1 rings (SSSR count). The van der Waals surface area contributed by atoms with Crippen LogP contribution >= 0.6 is 0 Å². The van der Waals surface area contributed by atoms with Crippen molar-refractivity contribution >= 4 is 0 Å². The Morgan fingerprint density at radius 1 is 1.57 bits per heavy atom. The molecule has 1 aliphatic heterocycles. The predicted molar refractivity (Wildman–Crippen MR) is 59.1 cm³/mol. The second kappa shape index (κ2) is 4.60. The first-order chi connectivity index (χ1) is 6.38. The van der Waals surface area contributed by atoms with E-state index in [-0.39, 0.29) is 6.04 Å². The summed E-state index contributed by atoms with van der Waals surface area (Å²) in [7, 11) is 0. The van der Waals surface area contributed by atoms with E-state index in [0.717, 1.165) is 19.6 Å². The van der Waals surface area contributed by atoms with Crippen LogP contribution in [0.1, 0.15) is 33.6 Å². The average Bonchev–Trinajstić information content (AvgIpc) is 2.01. The molecule has 0 radical (unpaired) electrons. The minimum atomic E-state index is -0.584. The summed E-state index contributed by atoms with van der Waals surface area (Å²) in [4.78, 5) is 2.33. The number of hydrogen-bond donors (Lipinski definition) is 2. The van der Waals surface area contributed by atoms with Crippen molar-refractivity contribution in [3.05, 3.63) is 0 Å². The number of β-amino-alcohol motifs (C(OH)–C–C–N with tert-alkyl or cyclic N) is 1. The molecule has 1 fully saturated rings. The van der Waals surface area contributed by atoms with Crippen molar-refractivity contribution in [3.63, 3.8) is 0 Å². The summed E-state index contributed by atoms with van der Waals surface area (Å²) in [5, 5.41) is 9.72. The highest BCUT2D eigenvalue weighted by atomic mass is 16.3. The molecule has 0 spiro atoms. The first kappa shape index (κ1) is 12.0. The van der Waals surface area contributed by atoms with Gasteiger partial charge < -0.3 is 15.7 Å². The lowest BCUT2D eigenvalue weighted by molar-refractivity contribution is 0.0197. The van der Waals surface area contributed by atoms with Crippen LogP contribution < -0.4 is 5.73 Å². The zero-order chi connectivity index (χ0) is 10.8. The Hall–Kier alpha value is -0.120. The van der Waals surface area contributed by atoms with Crippen molar-refractivity contribution in [2.24, 2.45) is 11.7 Å². The first-order valence-electron chi connectivity index (χ1n) is 5.59. The van der Waals surface area contributed by atoms with Crippen molar-refractivity contribution in [2.75, 3.05) is 19.6 Å². The van der Waals surface area contributed by atoms with E-state index in [9.17, 15) is 5.11 Å². The first-order valence-corrected chi connectivity index (χ1v) is 5.59. The molecule has 84 valence electrons. The third kappa shape index (κ3) is 3.95. The Morgan fingerprint density at radius 3 is 2.71 bits per heavy atom. The normalized spacial score (nSPS) is 27.6. The lowest BCUT2D eigenvalue weighted by Gasteiger charge is -2.37. The van der Waals surface area contributed by atoms with Gasteiger partial charge in [0.1, 0.15) is 0 Å². The van der Waals surface area contributed by atoms with E-state index in [1.165, 1.54) is 12.8 Å². The van der Waals surface area contributed by atoms with Crippen molar-refractivity contribution in [3.8, 4) is 0 Å². The van der Waals surface area contributed by atoms with E-state index in [2.05, 4.69) is 11.8 Å². The smallest absolute Gasteiger partial charge is 0.0718 e. The summed E-state index contributed by atoms with van der Waals surface area (Å²) in [5.74, 6) is 0.603. The van der Waals surface area contributed by atoms with E-state index in [4.69, 9.17) is 5.73 Å². The topological polar surface area (TPSA) is 49.5 Å². The van der Waals surface area contributed by atoms with E-state index < -0.39 is 5.60 Å². The van der Waals surface area contributed by atoms with Gasteiger partial charge in [-0.05, 0) is 46.1 Å². The molecule has 0 bridgehead atoms. The predicted octanol–water partition coefficient (Wildman–Crippen LogP) is 0.816. The van der Waals surface area contributed by atoms with Crippen LogP contribution in [0.25, 0.3) is 0 Å². The van der Waals surface area contributed by atoms with Crippen LogP contribution in [-0.4, -0.2) is 41.3 Å². The monoisotopic (exact) mass is 200 g/mol. The maximum atomic E-state index is 9.72. The number of piperidine rings is 1. The molecule has 0 aliphatic carbocycles. The molecule has 0 aromatic heterocycles. The molecule has 3 heteroatoms. The number of hydrogen-bond acceptors (Lipinski definition) is 3. The second-order valence-corrected chi connectivity index (χ2v) is 5.31. The molecule has 0 unspecified atom stereocenters. The van der Waals surface area contributed by atoms with Crippen LogP contribution in [0.15, 0.2) is 0 Å². The fourth-order valence-corrected chi connectivity index (χ4v) is 2.21. The molecule has 1 aliphatic rings. The summed E-state index contributed by atoms with van der Waals surface area (Å²) in [6, 6.07) is 0.277. The van der Waals surface area contributed by atoms with Crippen molar-refractivity contribution in [1.82, 2.24) is 4.90 Å². The molecule has 0 amide bonds. The van der Waals surface area contributed by atoms with Gasteiger partial charge in [0.25, 0.3) is 0 Å². The minimum Gasteiger partial charge on any atom is -0.389 e. The maximum absolute atomic E-state index is 9.72. The maximum Gasteiger partial charge on any atom is 0.0718 e. The van der Waals surface area contributed by atoms with Crippen LogP contribution in [0.4, 0.5) is 0 Å². The Labute approximate surface area is 87.3 Å². The number of nitrogens with zero attached hydrogens (tertiary/aromatic N) is 1. The number of aliphatic hydroxyl groups is 1. The average molecular weight is 200 g/mol. The van der Waals surface area contributed by atoms with Crippen molar-refractivity contribution < 1.29 is 5.11 Å². The van der Waals surface area contributed by atoms with E-state index in [1.807, 2.05) is 13.8 Å². The van der Waals surface area contributed by atoms with Crippen LogP contribution in [0, 0.1) is 5.92 Å². The fourth-order valence-electron chi connectivity index (χ4n) is 2.21. The third-order valence-electron chi connectivity index (χ3n) is 2.90. The largest absolute Gasteiger partial charge is 0.389 e. The van der Waals surface area contributed by atoms with Gasteiger partial charge in [-0.15, -0.1) is 0 Å². The standard InChI is InChI=1S/C11H24N2O/c1-9(12)10-5-4-6-13(7-10)8-11(2,3)14/h9-10,14H,4-8,12H2,1-3H3/t9-,10+/m1/s1. The highest BCUT2D eigenvalue weighted by molar-refractivity contribution is 4.81. The highest BCUT2D eigenvalue weighted by Crippen LogP contribution is 2.20. The summed E-state index contributed by atoms with van der Waals surface area (Å²) in [6.45, 7) is 8.72. The Balaban J connectivity index is 2.40. The van der Waals surface area contributed by atoms with Crippen LogP contribution in [0.2, 0.25) is 0 Å². The van der Waals surface area contributed by atoms with Gasteiger partial charge >= 0.3 is 0 Å². The summed E-state index contributed by atoms with van der Waals surface area (Å²) < 4.78 is 0. The Kier molecular flexibility index (Phi) is 3.93. The molecule has 1 saturated heterocycles. The zero-order valence-corrected chi connectivity index (χ0v) is 9.66. The molecule has 0 aromatic rings. The quantitative estimate of drug-likeness (QED) is 0.709. The third-order valence-corrected chi connectivity index (χ3v) is 2.90. The molecule has 0 aromatic carbocycles. The van der Waals surface area contributed by atoms with Gasteiger partial charge in [0.15, 0.2) is 0 Å². The van der Waals surface area contributed by atoms with Gasteiger partial charge in [-0.1, -0.05) is 0 Å². The molecular formula is C11H24N2O. The van der Waals surface area contributed by atoms with Crippen molar-refractivity contribution in [1.29, 1.82) is 0 Å². The fraction of sp³-hybridized carbons (Fsp3) is 1.00. The number of nitrogens with two attached hydrogens (primary N) is 1. The summed E-state index contributed by atoms with van der Waals surface area (Å²) >= 11 is 0. The van der Waals surface area contributed by atoms with Gasteiger partial charge in [-0.25, -0.2) is 0 Å². The molecule has 3 N–H and O–H groups in total. The van der Waals surface area contributed by atoms with E-state index in [0.29, 0.717) is 5.92 Å².